The highest BCUT2D eigenvalue weighted by Gasteiger charge is 2.48. The SMILES string of the molecule is N#Cc1ccc(Cl)cc1NC(=O)C1CC2CC2C1. The number of carbonyl (C=O) groups is 1. The summed E-state index contributed by atoms with van der Waals surface area (Å²) in [5.41, 5.74) is 0.978. The fourth-order valence-corrected chi connectivity index (χ4v) is 3.05. The van der Waals surface area contributed by atoms with Gasteiger partial charge < -0.3 is 5.32 Å². The molecule has 1 aromatic rings. The van der Waals surface area contributed by atoms with Gasteiger partial charge in [-0.2, -0.15) is 5.26 Å². The Morgan fingerprint density at radius 2 is 2.06 bits per heavy atom. The minimum atomic E-state index is 0.0287. The maximum atomic E-state index is 12.1. The molecule has 0 heterocycles. The molecule has 2 atom stereocenters. The number of fused-ring (bicyclic) bond motifs is 1. The van der Waals surface area contributed by atoms with Crippen molar-refractivity contribution in [3.63, 3.8) is 0 Å². The molecule has 0 saturated heterocycles. The van der Waals surface area contributed by atoms with Gasteiger partial charge in [0.15, 0.2) is 0 Å². The Labute approximate surface area is 111 Å². The Bertz CT molecular complexity index is 539. The standard InChI is InChI=1S/C14H13ClN2O/c15-12-2-1-8(7-16)13(6-12)17-14(18)11-4-9-3-10(9)5-11/h1-2,6,9-11H,3-5H2,(H,17,18). The maximum Gasteiger partial charge on any atom is 0.227 e. The van der Waals surface area contributed by atoms with Gasteiger partial charge >= 0.3 is 0 Å². The van der Waals surface area contributed by atoms with E-state index in [1.54, 1.807) is 18.2 Å². The molecule has 3 nitrogen and oxygen atoms in total. The van der Waals surface area contributed by atoms with E-state index in [2.05, 4.69) is 11.4 Å². The molecule has 2 aliphatic carbocycles. The van der Waals surface area contributed by atoms with E-state index in [4.69, 9.17) is 16.9 Å². The molecule has 2 unspecified atom stereocenters. The van der Waals surface area contributed by atoms with Crippen LogP contribution in [0, 0.1) is 29.1 Å². The highest BCUT2D eigenvalue weighted by molar-refractivity contribution is 6.31. The number of carbonyl (C=O) groups excluding carboxylic acids is 1. The summed E-state index contributed by atoms with van der Waals surface area (Å²) in [6, 6.07) is 6.98. The van der Waals surface area contributed by atoms with E-state index in [1.165, 1.54) is 6.42 Å². The van der Waals surface area contributed by atoms with Gasteiger partial charge in [-0.25, -0.2) is 0 Å². The number of amides is 1. The molecule has 0 spiro atoms. The maximum absolute atomic E-state index is 12.1. The number of nitrogens with zero attached hydrogens (tertiary/aromatic N) is 1. The number of hydrogen-bond acceptors (Lipinski definition) is 2. The molecule has 0 bridgehead atoms. The number of benzene rings is 1. The van der Waals surface area contributed by atoms with Crippen molar-refractivity contribution in [1.82, 2.24) is 0 Å². The molecule has 4 heteroatoms. The van der Waals surface area contributed by atoms with Crippen LogP contribution >= 0.6 is 11.6 Å². The fraction of sp³-hybridized carbons (Fsp3) is 0.429. The minimum absolute atomic E-state index is 0.0287. The van der Waals surface area contributed by atoms with Crippen molar-refractivity contribution >= 4 is 23.2 Å². The van der Waals surface area contributed by atoms with E-state index in [9.17, 15) is 4.79 Å². The van der Waals surface area contributed by atoms with Crippen LogP contribution in [0.3, 0.4) is 0 Å². The van der Waals surface area contributed by atoms with Crippen LogP contribution in [0.2, 0.25) is 5.02 Å². The largest absolute Gasteiger partial charge is 0.325 e. The molecule has 2 fully saturated rings. The second-order valence-electron chi connectivity index (χ2n) is 5.22. The minimum Gasteiger partial charge on any atom is -0.325 e. The summed E-state index contributed by atoms with van der Waals surface area (Å²) in [4.78, 5) is 12.1. The second-order valence-corrected chi connectivity index (χ2v) is 5.65. The average Bonchev–Trinajstić information content (AvgIpc) is 2.96. The molecule has 0 radical (unpaired) electrons. The quantitative estimate of drug-likeness (QED) is 0.888. The van der Waals surface area contributed by atoms with E-state index in [0.29, 0.717) is 16.3 Å². The number of halogens is 1. The monoisotopic (exact) mass is 260 g/mol. The number of nitrogens with one attached hydrogen (secondary N) is 1. The van der Waals surface area contributed by atoms with Crippen molar-refractivity contribution in [2.75, 3.05) is 5.32 Å². The summed E-state index contributed by atoms with van der Waals surface area (Å²) in [7, 11) is 0. The molecule has 1 aromatic carbocycles. The molecule has 0 aromatic heterocycles. The summed E-state index contributed by atoms with van der Waals surface area (Å²) >= 11 is 5.89. The predicted molar refractivity (Wildman–Crippen MR) is 69.1 cm³/mol. The molecule has 1 amide bonds. The van der Waals surface area contributed by atoms with Crippen LogP contribution in [0.1, 0.15) is 24.8 Å². The van der Waals surface area contributed by atoms with Gasteiger partial charge in [0.05, 0.1) is 11.3 Å². The van der Waals surface area contributed by atoms with Gasteiger partial charge in [0.25, 0.3) is 0 Å². The molecular formula is C14H13ClN2O. The van der Waals surface area contributed by atoms with Crippen LogP contribution in [0.25, 0.3) is 0 Å². The Kier molecular flexibility index (Phi) is 2.76. The Morgan fingerprint density at radius 1 is 1.33 bits per heavy atom. The van der Waals surface area contributed by atoms with Gasteiger partial charge in [-0.3, -0.25) is 4.79 Å². The summed E-state index contributed by atoms with van der Waals surface area (Å²) < 4.78 is 0. The van der Waals surface area contributed by atoms with Gasteiger partial charge in [0.2, 0.25) is 5.91 Å². The van der Waals surface area contributed by atoms with E-state index in [-0.39, 0.29) is 11.8 Å². The third-order valence-corrected chi connectivity index (χ3v) is 4.21. The zero-order chi connectivity index (χ0) is 12.7. The zero-order valence-corrected chi connectivity index (χ0v) is 10.6. The molecule has 2 aliphatic rings. The lowest BCUT2D eigenvalue weighted by molar-refractivity contribution is -0.120. The van der Waals surface area contributed by atoms with Crippen LogP contribution < -0.4 is 5.32 Å². The molecule has 0 aliphatic heterocycles. The van der Waals surface area contributed by atoms with E-state index >= 15 is 0 Å². The first-order chi connectivity index (χ1) is 8.67. The van der Waals surface area contributed by atoms with Gasteiger partial charge in [-0.15, -0.1) is 0 Å². The molecular weight excluding hydrogens is 248 g/mol. The Morgan fingerprint density at radius 3 is 2.72 bits per heavy atom. The summed E-state index contributed by atoms with van der Waals surface area (Å²) in [6.45, 7) is 0. The highest BCUT2D eigenvalue weighted by Crippen LogP contribution is 2.54. The lowest BCUT2D eigenvalue weighted by Crippen LogP contribution is -2.22. The van der Waals surface area contributed by atoms with Crippen LogP contribution in [0.4, 0.5) is 5.69 Å². The van der Waals surface area contributed by atoms with Crippen molar-refractivity contribution in [2.45, 2.75) is 19.3 Å². The van der Waals surface area contributed by atoms with Crippen LogP contribution in [0.15, 0.2) is 18.2 Å². The van der Waals surface area contributed by atoms with Gasteiger partial charge in [0, 0.05) is 10.9 Å². The van der Waals surface area contributed by atoms with Crippen molar-refractivity contribution in [3.05, 3.63) is 28.8 Å². The third kappa shape index (κ3) is 2.09. The van der Waals surface area contributed by atoms with Gasteiger partial charge in [-0.05, 0) is 49.3 Å². The van der Waals surface area contributed by atoms with Crippen molar-refractivity contribution in [2.24, 2.45) is 17.8 Å². The number of nitriles is 1. The van der Waals surface area contributed by atoms with Gasteiger partial charge in [0.1, 0.15) is 6.07 Å². The molecule has 92 valence electrons. The highest BCUT2D eigenvalue weighted by atomic mass is 35.5. The summed E-state index contributed by atoms with van der Waals surface area (Å²) in [6.07, 6.45) is 3.29. The van der Waals surface area contributed by atoms with Crippen molar-refractivity contribution < 1.29 is 4.79 Å². The summed E-state index contributed by atoms with van der Waals surface area (Å²) in [5.74, 6) is 1.69. The van der Waals surface area contributed by atoms with Crippen LogP contribution in [-0.2, 0) is 4.79 Å². The zero-order valence-electron chi connectivity index (χ0n) is 9.82. The van der Waals surface area contributed by atoms with E-state index in [1.807, 2.05) is 0 Å². The smallest absolute Gasteiger partial charge is 0.227 e. The van der Waals surface area contributed by atoms with Crippen molar-refractivity contribution in [1.29, 1.82) is 5.26 Å². The van der Waals surface area contributed by atoms with Crippen LogP contribution in [-0.4, -0.2) is 5.91 Å². The predicted octanol–water partition coefficient (Wildman–Crippen LogP) is 3.20. The lowest BCUT2D eigenvalue weighted by atomic mass is 10.0. The Hall–Kier alpha value is -1.53. The first kappa shape index (κ1) is 11.6. The third-order valence-electron chi connectivity index (χ3n) is 3.97. The number of hydrogen-bond donors (Lipinski definition) is 1. The molecule has 1 N–H and O–H groups in total. The molecule has 3 rings (SSSR count). The van der Waals surface area contributed by atoms with Crippen LogP contribution in [0.5, 0.6) is 0 Å². The number of anilines is 1. The first-order valence-electron chi connectivity index (χ1n) is 6.18. The first-order valence-corrected chi connectivity index (χ1v) is 6.55. The molecule has 18 heavy (non-hydrogen) atoms. The van der Waals surface area contributed by atoms with Crippen molar-refractivity contribution in [3.8, 4) is 6.07 Å². The number of rotatable bonds is 2. The second kappa shape index (κ2) is 4.29. The average molecular weight is 261 g/mol. The lowest BCUT2D eigenvalue weighted by Gasteiger charge is -2.13. The fourth-order valence-electron chi connectivity index (χ4n) is 2.88. The van der Waals surface area contributed by atoms with E-state index < -0.39 is 0 Å². The van der Waals surface area contributed by atoms with E-state index in [0.717, 1.165) is 24.7 Å². The summed E-state index contributed by atoms with van der Waals surface area (Å²) in [5, 5.41) is 12.4. The normalized spacial score (nSPS) is 28.3. The topological polar surface area (TPSA) is 52.9 Å². The van der Waals surface area contributed by atoms with Gasteiger partial charge in [-0.1, -0.05) is 11.6 Å². The Balaban J connectivity index is 1.74. The molecule has 2 saturated carbocycles.